The highest BCUT2D eigenvalue weighted by Gasteiger charge is 1.99. The fraction of sp³-hybridized carbons (Fsp3) is 0. The molecule has 19 heavy (non-hydrogen) atoms. The number of carboxylic acids is 1. The van der Waals surface area contributed by atoms with Gasteiger partial charge in [0.15, 0.2) is 0 Å². The maximum atomic E-state index is 10.7. The number of hydrogen-bond acceptors (Lipinski definition) is 2. The molecule has 3 nitrogen and oxygen atoms in total. The van der Waals surface area contributed by atoms with Gasteiger partial charge < -0.3 is 5.11 Å². The van der Waals surface area contributed by atoms with Crippen molar-refractivity contribution in [1.82, 2.24) is 0 Å². The Morgan fingerprint density at radius 3 is 1.63 bits per heavy atom. The molecule has 0 amide bonds. The summed E-state index contributed by atoms with van der Waals surface area (Å²) in [5, 5.41) is 8.79. The Morgan fingerprint density at radius 1 is 0.789 bits per heavy atom. The average molecular weight is 252 g/mol. The van der Waals surface area contributed by atoms with Crippen molar-refractivity contribution in [1.29, 1.82) is 0 Å². The first kappa shape index (κ1) is 12.8. The molecule has 0 aromatic heterocycles. The van der Waals surface area contributed by atoms with Crippen molar-refractivity contribution in [2.24, 2.45) is 0 Å². The third-order valence-corrected chi connectivity index (χ3v) is 2.70. The predicted molar refractivity (Wildman–Crippen MR) is 74.2 cm³/mol. The Hall–Kier alpha value is -2.68. The molecule has 0 radical (unpaired) electrons. The lowest BCUT2D eigenvalue weighted by Gasteiger charge is -1.97. The fourth-order valence-corrected chi connectivity index (χ4v) is 1.61. The van der Waals surface area contributed by atoms with Gasteiger partial charge >= 0.3 is 5.97 Å². The zero-order chi connectivity index (χ0) is 13.7. The van der Waals surface area contributed by atoms with Gasteiger partial charge in [-0.1, -0.05) is 48.6 Å². The summed E-state index contributed by atoms with van der Waals surface area (Å²) in [4.78, 5) is 21.2. The Labute approximate surface area is 110 Å². The first-order valence-electron chi connectivity index (χ1n) is 5.76. The van der Waals surface area contributed by atoms with Crippen LogP contribution in [0.3, 0.4) is 0 Å². The van der Waals surface area contributed by atoms with Crippen LogP contribution in [0, 0.1) is 0 Å². The normalized spacial score (nSPS) is 10.5. The van der Waals surface area contributed by atoms with E-state index in [0.29, 0.717) is 5.56 Å². The van der Waals surface area contributed by atoms with Gasteiger partial charge in [-0.05, 0) is 23.3 Å². The molecular formula is C16H12O3. The van der Waals surface area contributed by atoms with E-state index in [-0.39, 0.29) is 5.56 Å². The van der Waals surface area contributed by atoms with Crippen LogP contribution in [0.4, 0.5) is 0 Å². The molecule has 1 N–H and O–H groups in total. The summed E-state index contributed by atoms with van der Waals surface area (Å²) in [6.07, 6.45) is 4.60. The third-order valence-electron chi connectivity index (χ3n) is 2.70. The third kappa shape index (κ3) is 3.39. The van der Waals surface area contributed by atoms with Crippen LogP contribution in [0.25, 0.3) is 12.2 Å². The number of benzene rings is 2. The molecule has 2 aromatic carbocycles. The number of aldehydes is 1. The molecule has 0 unspecified atom stereocenters. The van der Waals surface area contributed by atoms with Crippen molar-refractivity contribution >= 4 is 24.4 Å². The van der Waals surface area contributed by atoms with Crippen LogP contribution in [0.15, 0.2) is 48.5 Å². The van der Waals surface area contributed by atoms with Crippen LogP contribution in [0.1, 0.15) is 31.8 Å². The van der Waals surface area contributed by atoms with Gasteiger partial charge in [-0.3, -0.25) is 4.79 Å². The van der Waals surface area contributed by atoms with E-state index in [0.717, 1.165) is 17.4 Å². The first-order valence-corrected chi connectivity index (χ1v) is 5.76. The number of carbonyl (C=O) groups excluding carboxylic acids is 1. The first-order chi connectivity index (χ1) is 9.19. The van der Waals surface area contributed by atoms with Crippen LogP contribution >= 0.6 is 0 Å². The molecule has 0 bridgehead atoms. The minimum atomic E-state index is -0.931. The Morgan fingerprint density at radius 2 is 1.21 bits per heavy atom. The maximum absolute atomic E-state index is 10.7. The Balaban J connectivity index is 2.12. The molecule has 2 aromatic rings. The highest BCUT2D eigenvalue weighted by Crippen LogP contribution is 2.10. The zero-order valence-corrected chi connectivity index (χ0v) is 10.1. The highest BCUT2D eigenvalue weighted by molar-refractivity contribution is 5.88. The molecular weight excluding hydrogens is 240 g/mol. The minimum absolute atomic E-state index is 0.271. The lowest BCUT2D eigenvalue weighted by molar-refractivity contribution is 0.0696. The van der Waals surface area contributed by atoms with Crippen molar-refractivity contribution in [3.8, 4) is 0 Å². The second kappa shape index (κ2) is 5.78. The van der Waals surface area contributed by atoms with Gasteiger partial charge in [-0.2, -0.15) is 0 Å². The number of carboxylic acid groups (broad SMARTS) is 1. The molecule has 0 aliphatic heterocycles. The average Bonchev–Trinajstić information content (AvgIpc) is 2.46. The van der Waals surface area contributed by atoms with E-state index in [9.17, 15) is 9.59 Å². The monoisotopic (exact) mass is 252 g/mol. The van der Waals surface area contributed by atoms with Crippen molar-refractivity contribution in [3.05, 3.63) is 70.8 Å². The summed E-state index contributed by atoms with van der Waals surface area (Å²) in [6, 6.07) is 13.8. The molecule has 0 aliphatic rings. The number of aromatic carboxylic acids is 1. The topological polar surface area (TPSA) is 54.4 Å². The van der Waals surface area contributed by atoms with Crippen molar-refractivity contribution in [2.45, 2.75) is 0 Å². The zero-order valence-electron chi connectivity index (χ0n) is 10.1. The van der Waals surface area contributed by atoms with Gasteiger partial charge in [0.25, 0.3) is 0 Å². The van der Waals surface area contributed by atoms with Gasteiger partial charge in [0.2, 0.25) is 0 Å². The van der Waals surface area contributed by atoms with E-state index in [4.69, 9.17) is 5.11 Å². The molecule has 0 fully saturated rings. The smallest absolute Gasteiger partial charge is 0.335 e. The second-order valence-corrected chi connectivity index (χ2v) is 4.05. The summed E-state index contributed by atoms with van der Waals surface area (Å²) in [6.45, 7) is 0. The van der Waals surface area contributed by atoms with E-state index >= 15 is 0 Å². The molecule has 0 saturated carbocycles. The van der Waals surface area contributed by atoms with E-state index in [2.05, 4.69) is 0 Å². The van der Waals surface area contributed by atoms with E-state index < -0.39 is 5.97 Å². The summed E-state index contributed by atoms with van der Waals surface area (Å²) in [5.41, 5.74) is 2.81. The van der Waals surface area contributed by atoms with E-state index in [1.54, 1.807) is 36.4 Å². The highest BCUT2D eigenvalue weighted by atomic mass is 16.4. The fourth-order valence-electron chi connectivity index (χ4n) is 1.61. The molecule has 0 saturated heterocycles. The van der Waals surface area contributed by atoms with Crippen molar-refractivity contribution in [2.75, 3.05) is 0 Å². The molecule has 0 aliphatic carbocycles. The van der Waals surface area contributed by atoms with Gasteiger partial charge in [0.1, 0.15) is 6.29 Å². The molecule has 2 rings (SSSR count). The van der Waals surface area contributed by atoms with Gasteiger partial charge in [-0.15, -0.1) is 0 Å². The molecule has 3 heteroatoms. The number of carbonyl (C=O) groups is 2. The second-order valence-electron chi connectivity index (χ2n) is 4.05. The SMILES string of the molecule is O=Cc1ccc(C=Cc2ccc(C(=O)O)cc2)cc1. The van der Waals surface area contributed by atoms with Crippen LogP contribution in [-0.4, -0.2) is 17.4 Å². The summed E-state index contributed by atoms with van der Waals surface area (Å²) >= 11 is 0. The van der Waals surface area contributed by atoms with Crippen LogP contribution < -0.4 is 0 Å². The molecule has 94 valence electrons. The van der Waals surface area contributed by atoms with Crippen molar-refractivity contribution < 1.29 is 14.7 Å². The summed E-state index contributed by atoms with van der Waals surface area (Å²) < 4.78 is 0. The quantitative estimate of drug-likeness (QED) is 0.670. The van der Waals surface area contributed by atoms with Gasteiger partial charge in [0.05, 0.1) is 5.56 Å². The Bertz CT molecular complexity index is 607. The van der Waals surface area contributed by atoms with Crippen molar-refractivity contribution in [3.63, 3.8) is 0 Å². The van der Waals surface area contributed by atoms with Crippen LogP contribution in [-0.2, 0) is 0 Å². The van der Waals surface area contributed by atoms with Crippen LogP contribution in [0.2, 0.25) is 0 Å². The van der Waals surface area contributed by atoms with E-state index in [1.165, 1.54) is 0 Å². The predicted octanol–water partition coefficient (Wildman–Crippen LogP) is 3.37. The number of hydrogen-bond donors (Lipinski definition) is 1. The van der Waals surface area contributed by atoms with E-state index in [1.807, 2.05) is 24.3 Å². The standard InChI is InChI=1S/C16H12O3/c17-11-14-5-3-12(4-6-14)1-2-13-7-9-15(10-8-13)16(18)19/h1-11H,(H,18,19). The molecule has 0 atom stereocenters. The molecule has 0 heterocycles. The summed E-state index contributed by atoms with van der Waals surface area (Å²) in [7, 11) is 0. The lowest BCUT2D eigenvalue weighted by Crippen LogP contribution is -1.94. The van der Waals surface area contributed by atoms with Gasteiger partial charge in [-0.25, -0.2) is 4.79 Å². The minimum Gasteiger partial charge on any atom is -0.478 e. The number of rotatable bonds is 4. The molecule has 0 spiro atoms. The Kier molecular flexibility index (Phi) is 3.88. The summed E-state index contributed by atoms with van der Waals surface area (Å²) in [5.74, 6) is -0.931. The maximum Gasteiger partial charge on any atom is 0.335 e. The van der Waals surface area contributed by atoms with Crippen LogP contribution in [0.5, 0.6) is 0 Å². The van der Waals surface area contributed by atoms with Gasteiger partial charge in [0, 0.05) is 5.56 Å². The largest absolute Gasteiger partial charge is 0.478 e. The lowest BCUT2D eigenvalue weighted by atomic mass is 10.1.